The number of nitrogens with one attached hydrogen (secondary N) is 2. The molecule has 0 spiro atoms. The van der Waals surface area contributed by atoms with Gasteiger partial charge in [-0.3, -0.25) is 4.79 Å². The van der Waals surface area contributed by atoms with Gasteiger partial charge in [0.2, 0.25) is 0 Å². The Balaban J connectivity index is 1.66. The fraction of sp³-hybridized carbons (Fsp3) is 0.692. The summed E-state index contributed by atoms with van der Waals surface area (Å²) in [7, 11) is 0. The monoisotopic (exact) mass is 326 g/mol. The predicted molar refractivity (Wildman–Crippen MR) is 78.5 cm³/mol. The van der Waals surface area contributed by atoms with E-state index in [4.69, 9.17) is 0 Å². The molecule has 1 saturated carbocycles. The van der Waals surface area contributed by atoms with E-state index in [1.54, 1.807) is 0 Å². The van der Waals surface area contributed by atoms with Crippen LogP contribution in [-0.2, 0) is 0 Å². The molecule has 5 nitrogen and oxygen atoms in total. The van der Waals surface area contributed by atoms with Gasteiger partial charge in [-0.25, -0.2) is 4.98 Å². The Labute approximate surface area is 120 Å². The van der Waals surface area contributed by atoms with Crippen LogP contribution in [0.2, 0.25) is 0 Å². The van der Waals surface area contributed by atoms with Gasteiger partial charge in [-0.2, -0.15) is 0 Å². The fourth-order valence-corrected chi connectivity index (χ4v) is 3.11. The van der Waals surface area contributed by atoms with Crippen molar-refractivity contribution in [3.8, 4) is 0 Å². The van der Waals surface area contributed by atoms with Crippen molar-refractivity contribution in [1.82, 2.24) is 15.3 Å². The largest absolute Gasteiger partial charge is 0.355 e. The van der Waals surface area contributed by atoms with E-state index in [2.05, 4.69) is 36.1 Å². The smallest absolute Gasteiger partial charge is 0.267 e. The Morgan fingerprint density at radius 1 is 1.47 bits per heavy atom. The first-order chi connectivity index (χ1) is 9.24. The third-order valence-corrected chi connectivity index (χ3v) is 4.58. The van der Waals surface area contributed by atoms with E-state index >= 15 is 0 Å². The summed E-state index contributed by atoms with van der Waals surface area (Å²) < 4.78 is 0.547. The zero-order valence-electron chi connectivity index (χ0n) is 10.9. The highest BCUT2D eigenvalue weighted by Crippen LogP contribution is 2.26. The van der Waals surface area contributed by atoms with Crippen LogP contribution < -0.4 is 15.8 Å². The van der Waals surface area contributed by atoms with Crippen molar-refractivity contribution in [1.29, 1.82) is 0 Å². The van der Waals surface area contributed by atoms with Gasteiger partial charge in [-0.1, -0.05) is 0 Å². The second-order valence-electron chi connectivity index (χ2n) is 5.51. The van der Waals surface area contributed by atoms with Crippen molar-refractivity contribution in [2.24, 2.45) is 5.92 Å². The molecule has 2 aliphatic rings. The lowest BCUT2D eigenvalue weighted by atomic mass is 9.98. The Hall–Kier alpha value is -0.880. The maximum absolute atomic E-state index is 11.6. The molecule has 1 aromatic heterocycles. The lowest BCUT2D eigenvalue weighted by Gasteiger charge is -2.34. The number of aromatic nitrogens is 2. The summed E-state index contributed by atoms with van der Waals surface area (Å²) in [4.78, 5) is 20.7. The SMILES string of the molecule is O=c1[nH]cnc(N2CCCC(CNC3CC3)C2)c1Br. The first kappa shape index (κ1) is 13.1. The second kappa shape index (κ2) is 5.63. The lowest BCUT2D eigenvalue weighted by Crippen LogP contribution is -2.41. The van der Waals surface area contributed by atoms with Crippen LogP contribution in [0.25, 0.3) is 0 Å². The minimum absolute atomic E-state index is 0.108. The van der Waals surface area contributed by atoms with Crippen LogP contribution in [0.4, 0.5) is 5.82 Å². The van der Waals surface area contributed by atoms with Crippen molar-refractivity contribution in [3.05, 3.63) is 21.2 Å². The molecule has 2 heterocycles. The van der Waals surface area contributed by atoms with Crippen molar-refractivity contribution < 1.29 is 0 Å². The number of hydrogen-bond acceptors (Lipinski definition) is 4. The van der Waals surface area contributed by atoms with Gasteiger partial charge in [0, 0.05) is 19.1 Å². The van der Waals surface area contributed by atoms with Crippen LogP contribution in [0.3, 0.4) is 0 Å². The molecule has 1 saturated heterocycles. The summed E-state index contributed by atoms with van der Waals surface area (Å²) in [5.41, 5.74) is -0.108. The van der Waals surface area contributed by atoms with Crippen LogP contribution in [0.5, 0.6) is 0 Å². The average Bonchev–Trinajstić information content (AvgIpc) is 3.24. The molecular weight excluding hydrogens is 308 g/mol. The fourth-order valence-electron chi connectivity index (χ4n) is 2.64. The number of halogens is 1. The molecule has 0 radical (unpaired) electrons. The number of nitrogens with zero attached hydrogens (tertiary/aromatic N) is 2. The average molecular weight is 327 g/mol. The molecule has 1 aromatic rings. The first-order valence-corrected chi connectivity index (χ1v) is 7.75. The molecule has 3 rings (SSSR count). The molecule has 0 aromatic carbocycles. The minimum atomic E-state index is -0.108. The number of H-pyrrole nitrogens is 1. The number of hydrogen-bond donors (Lipinski definition) is 2. The van der Waals surface area contributed by atoms with Gasteiger partial charge in [0.1, 0.15) is 10.3 Å². The highest BCUT2D eigenvalue weighted by atomic mass is 79.9. The number of anilines is 1. The van der Waals surface area contributed by atoms with Crippen molar-refractivity contribution >= 4 is 21.7 Å². The van der Waals surface area contributed by atoms with Crippen molar-refractivity contribution in [3.63, 3.8) is 0 Å². The third-order valence-electron chi connectivity index (χ3n) is 3.87. The summed E-state index contributed by atoms with van der Waals surface area (Å²) in [6, 6.07) is 0.764. The lowest BCUT2D eigenvalue weighted by molar-refractivity contribution is 0.389. The Kier molecular flexibility index (Phi) is 3.88. The topological polar surface area (TPSA) is 61.0 Å². The zero-order valence-corrected chi connectivity index (χ0v) is 12.4. The number of piperidine rings is 1. The first-order valence-electron chi connectivity index (χ1n) is 6.95. The molecule has 2 N–H and O–H groups in total. The standard InChI is InChI=1S/C13H19BrN4O/c14-11-12(16-8-17-13(11)19)18-5-1-2-9(7-18)6-15-10-3-4-10/h8-10,15H,1-7H2,(H,16,17,19). The molecule has 104 valence electrons. The molecule has 0 amide bonds. The molecule has 19 heavy (non-hydrogen) atoms. The molecule has 0 bridgehead atoms. The Bertz CT molecular complexity index is 500. The van der Waals surface area contributed by atoms with E-state index in [1.807, 2.05) is 0 Å². The van der Waals surface area contributed by atoms with Gasteiger partial charge in [-0.15, -0.1) is 0 Å². The van der Waals surface area contributed by atoms with Crippen LogP contribution in [0.1, 0.15) is 25.7 Å². The van der Waals surface area contributed by atoms with Gasteiger partial charge >= 0.3 is 0 Å². The van der Waals surface area contributed by atoms with Gasteiger partial charge < -0.3 is 15.2 Å². The summed E-state index contributed by atoms with van der Waals surface area (Å²) in [6.07, 6.45) is 6.57. The van der Waals surface area contributed by atoms with Crippen LogP contribution in [0.15, 0.2) is 15.6 Å². The maximum Gasteiger partial charge on any atom is 0.267 e. The third kappa shape index (κ3) is 3.17. The summed E-state index contributed by atoms with van der Waals surface area (Å²) in [5.74, 6) is 1.43. The van der Waals surface area contributed by atoms with Gasteiger partial charge in [-0.05, 0) is 54.1 Å². The maximum atomic E-state index is 11.6. The van der Waals surface area contributed by atoms with E-state index in [9.17, 15) is 4.79 Å². The van der Waals surface area contributed by atoms with E-state index < -0.39 is 0 Å². The molecular formula is C13H19BrN4O. The Morgan fingerprint density at radius 2 is 2.32 bits per heavy atom. The van der Waals surface area contributed by atoms with Crippen molar-refractivity contribution in [2.45, 2.75) is 31.7 Å². The summed E-state index contributed by atoms with van der Waals surface area (Å²) in [6.45, 7) is 3.05. The van der Waals surface area contributed by atoms with Gasteiger partial charge in [0.05, 0.1) is 6.33 Å². The van der Waals surface area contributed by atoms with Crippen LogP contribution in [0, 0.1) is 5.92 Å². The van der Waals surface area contributed by atoms with E-state index in [0.29, 0.717) is 10.4 Å². The van der Waals surface area contributed by atoms with Gasteiger partial charge in [0.25, 0.3) is 5.56 Å². The molecule has 1 aliphatic heterocycles. The van der Waals surface area contributed by atoms with Gasteiger partial charge in [0.15, 0.2) is 0 Å². The molecule has 1 aliphatic carbocycles. The summed E-state index contributed by atoms with van der Waals surface area (Å²) in [5, 5.41) is 3.60. The van der Waals surface area contributed by atoms with E-state index in [1.165, 1.54) is 25.6 Å². The van der Waals surface area contributed by atoms with Crippen LogP contribution in [-0.4, -0.2) is 35.6 Å². The van der Waals surface area contributed by atoms with E-state index in [0.717, 1.165) is 37.9 Å². The zero-order chi connectivity index (χ0) is 13.2. The minimum Gasteiger partial charge on any atom is -0.355 e. The quantitative estimate of drug-likeness (QED) is 0.880. The normalized spacial score (nSPS) is 23.6. The molecule has 2 fully saturated rings. The van der Waals surface area contributed by atoms with Crippen LogP contribution >= 0.6 is 15.9 Å². The molecule has 1 unspecified atom stereocenters. The number of aromatic amines is 1. The molecule has 6 heteroatoms. The van der Waals surface area contributed by atoms with Crippen molar-refractivity contribution in [2.75, 3.05) is 24.5 Å². The summed E-state index contributed by atoms with van der Waals surface area (Å²) >= 11 is 3.34. The highest BCUT2D eigenvalue weighted by molar-refractivity contribution is 9.10. The Morgan fingerprint density at radius 3 is 3.11 bits per heavy atom. The number of rotatable bonds is 4. The highest BCUT2D eigenvalue weighted by Gasteiger charge is 2.26. The second-order valence-corrected chi connectivity index (χ2v) is 6.30. The van der Waals surface area contributed by atoms with E-state index in [-0.39, 0.29) is 5.56 Å². The molecule has 1 atom stereocenters. The predicted octanol–water partition coefficient (Wildman–Crippen LogP) is 1.50.